The average molecular weight is 815 g/mol. The maximum Gasteiger partial charge on any atom is 0.253 e. The number of nitrogens with one attached hydrogen (secondary N) is 5. The second-order valence-electron chi connectivity index (χ2n) is 18.9. The zero-order valence-electron chi connectivity index (χ0n) is 33.8. The Labute approximate surface area is 351 Å². The van der Waals surface area contributed by atoms with Crippen molar-refractivity contribution < 1.29 is 18.4 Å². The van der Waals surface area contributed by atoms with Crippen LogP contribution < -0.4 is 16.0 Å². The highest BCUT2D eigenvalue weighted by Gasteiger charge is 2.69. The summed E-state index contributed by atoms with van der Waals surface area (Å²) in [5.41, 5.74) is 15.7. The number of nitrogens with zero attached hydrogens (tertiary/aromatic N) is 3. The number of aryl methyl sites for hydroxylation is 2. The largest absolute Gasteiger partial charge is 0.357 e. The molecule has 0 radical (unpaired) electrons. The number of aromatic amines is 2. The molecule has 2 saturated carbocycles. The van der Waals surface area contributed by atoms with E-state index in [0.29, 0.717) is 0 Å². The standard InChI is InChI=1S/C25H23FN4O.C24H21FN4O/c1-30-12-24(13-30)22-20(23(31)29-25(24)7-8-25)17-6-5-15-11-27-19(10-18(15)21(17)28-22)14-3-2-4-16(26)9-14;25-15-3-1-2-13(8-15)18-9-17-14(10-27-18)4-5-16-19-21(28-20(16)17)23(11-26-12-23)24(6-7-24)29-22(19)30/h2-4,9-11,28H,5-8,12-13H2,1H3,(H,29,31);1-3,8-10,26,28H,4-7,11-12H2,(H,29,30). The number of benzene rings is 2. The van der Waals surface area contributed by atoms with Crippen molar-refractivity contribution in [2.45, 2.75) is 73.3 Å². The number of rotatable bonds is 2. The zero-order chi connectivity index (χ0) is 41.0. The molecule has 8 aliphatic rings. The highest BCUT2D eigenvalue weighted by atomic mass is 19.1. The van der Waals surface area contributed by atoms with Crippen LogP contribution in [0.2, 0.25) is 0 Å². The van der Waals surface area contributed by atoms with E-state index in [4.69, 9.17) is 0 Å². The molecule has 0 bridgehead atoms. The Morgan fingerprint density at radius 1 is 0.623 bits per heavy atom. The van der Waals surface area contributed by atoms with Crippen LogP contribution in [0.3, 0.4) is 0 Å². The minimum Gasteiger partial charge on any atom is -0.357 e. The van der Waals surface area contributed by atoms with E-state index in [2.05, 4.69) is 53.9 Å². The van der Waals surface area contributed by atoms with Crippen molar-refractivity contribution in [2.24, 2.45) is 0 Å². The molecule has 10 nitrogen and oxygen atoms in total. The predicted octanol–water partition coefficient (Wildman–Crippen LogP) is 6.54. The minimum atomic E-state index is -0.270. The number of carbonyl (C=O) groups excluding carboxylic acids is 2. The number of carbonyl (C=O) groups is 2. The van der Waals surface area contributed by atoms with Crippen molar-refractivity contribution in [3.05, 3.63) is 129 Å². The smallest absolute Gasteiger partial charge is 0.253 e. The summed E-state index contributed by atoms with van der Waals surface area (Å²) in [6.07, 6.45) is 11.4. The highest BCUT2D eigenvalue weighted by Crippen LogP contribution is 2.60. The van der Waals surface area contributed by atoms with Crippen molar-refractivity contribution in [3.8, 4) is 45.0 Å². The first-order valence-corrected chi connectivity index (χ1v) is 21.7. The van der Waals surface area contributed by atoms with Gasteiger partial charge in [0.2, 0.25) is 0 Å². The van der Waals surface area contributed by atoms with Gasteiger partial charge in [-0.15, -0.1) is 0 Å². The van der Waals surface area contributed by atoms with Crippen molar-refractivity contribution in [3.63, 3.8) is 0 Å². The number of pyridine rings is 2. The lowest BCUT2D eigenvalue weighted by atomic mass is 9.65. The molecule has 12 heteroatoms. The number of H-pyrrole nitrogens is 2. The average Bonchev–Trinajstić information content (AvgIpc) is 4.10. The molecule has 2 saturated heterocycles. The van der Waals surface area contributed by atoms with E-state index in [1.165, 1.54) is 35.4 Å². The lowest BCUT2D eigenvalue weighted by Gasteiger charge is -2.55. The van der Waals surface area contributed by atoms with Crippen LogP contribution in [0.15, 0.2) is 73.1 Å². The molecule has 4 aliphatic heterocycles. The van der Waals surface area contributed by atoms with Gasteiger partial charge in [0, 0.05) is 72.2 Å². The maximum atomic E-state index is 13.8. The Balaban J connectivity index is 0.000000125. The molecular formula is C49H44F2N8O2. The van der Waals surface area contributed by atoms with Crippen LogP contribution in [-0.2, 0) is 36.5 Å². The minimum absolute atomic E-state index is 0.0130. The zero-order valence-corrected chi connectivity index (χ0v) is 33.8. The molecule has 4 spiro atoms. The van der Waals surface area contributed by atoms with Gasteiger partial charge in [0.1, 0.15) is 11.6 Å². The van der Waals surface area contributed by atoms with Crippen LogP contribution in [-0.4, -0.2) is 81.0 Å². The van der Waals surface area contributed by atoms with Gasteiger partial charge < -0.3 is 30.8 Å². The Kier molecular flexibility index (Phi) is 7.09. The molecule has 4 aliphatic carbocycles. The topological polar surface area (TPSA) is 131 Å². The third kappa shape index (κ3) is 4.83. The predicted molar refractivity (Wildman–Crippen MR) is 226 cm³/mol. The summed E-state index contributed by atoms with van der Waals surface area (Å²) in [7, 11) is 2.15. The van der Waals surface area contributed by atoms with Crippen LogP contribution in [0.4, 0.5) is 8.78 Å². The first-order chi connectivity index (χ1) is 29.6. The number of likely N-dealkylation sites (N-methyl/N-ethyl adjacent to an activating group) is 1. The van der Waals surface area contributed by atoms with E-state index < -0.39 is 0 Å². The maximum absolute atomic E-state index is 13.8. The van der Waals surface area contributed by atoms with Crippen molar-refractivity contribution in [1.82, 2.24) is 40.8 Å². The summed E-state index contributed by atoms with van der Waals surface area (Å²) in [6.45, 7) is 3.74. The van der Waals surface area contributed by atoms with Crippen LogP contribution in [0.25, 0.3) is 45.0 Å². The quantitative estimate of drug-likeness (QED) is 0.135. The molecule has 61 heavy (non-hydrogen) atoms. The summed E-state index contributed by atoms with van der Waals surface area (Å²) in [5.74, 6) is -0.391. The van der Waals surface area contributed by atoms with Crippen molar-refractivity contribution in [1.29, 1.82) is 0 Å². The van der Waals surface area contributed by atoms with E-state index in [-0.39, 0.29) is 45.4 Å². The Morgan fingerprint density at radius 3 is 1.52 bits per heavy atom. The Hall–Kier alpha value is -5.98. The number of halogens is 2. The summed E-state index contributed by atoms with van der Waals surface area (Å²) < 4.78 is 27.5. The van der Waals surface area contributed by atoms with Gasteiger partial charge in [0.05, 0.1) is 55.8 Å². The van der Waals surface area contributed by atoms with E-state index in [1.54, 1.807) is 12.1 Å². The van der Waals surface area contributed by atoms with Gasteiger partial charge in [-0.3, -0.25) is 19.6 Å². The third-order valence-corrected chi connectivity index (χ3v) is 15.6. The lowest BCUT2D eigenvalue weighted by Crippen LogP contribution is -2.71. The van der Waals surface area contributed by atoms with Crippen LogP contribution >= 0.6 is 0 Å². The summed E-state index contributed by atoms with van der Waals surface area (Å²) in [5, 5.41) is 10.2. The summed E-state index contributed by atoms with van der Waals surface area (Å²) in [6, 6.07) is 17.2. The fraction of sp³-hybridized carbons (Fsp3) is 0.347. The Morgan fingerprint density at radius 2 is 1.10 bits per heavy atom. The normalized spacial score (nSPS) is 21.6. The van der Waals surface area contributed by atoms with Gasteiger partial charge >= 0.3 is 0 Å². The molecule has 14 rings (SSSR count). The first kappa shape index (κ1) is 35.7. The van der Waals surface area contributed by atoms with Gasteiger partial charge in [-0.2, -0.15) is 0 Å². The number of hydrogen-bond acceptors (Lipinski definition) is 6. The Bertz CT molecular complexity index is 2930. The molecule has 0 unspecified atom stereocenters. The number of aromatic nitrogens is 4. The SMILES string of the molecule is CN1CC2(C1)c1[nH]c3c(c1C(=O)NC21CC1)CCc1cnc(-c2cccc(F)c2)cc1-3.O=C1NC2(CC2)C2(CNC2)c2[nH]c3c(c21)CCc1cnc(-c2cccc(F)c2)cc1-3. The van der Waals surface area contributed by atoms with Gasteiger partial charge in [-0.1, -0.05) is 24.3 Å². The number of likely N-dealkylation sites (tertiary alicyclic amines) is 1. The monoisotopic (exact) mass is 814 g/mol. The van der Waals surface area contributed by atoms with Gasteiger partial charge in [-0.05, 0) is 117 Å². The van der Waals surface area contributed by atoms with Gasteiger partial charge in [0.25, 0.3) is 11.8 Å². The van der Waals surface area contributed by atoms with E-state index in [9.17, 15) is 18.4 Å². The number of hydrogen-bond donors (Lipinski definition) is 5. The van der Waals surface area contributed by atoms with Crippen molar-refractivity contribution >= 4 is 11.8 Å². The second-order valence-corrected chi connectivity index (χ2v) is 18.9. The lowest BCUT2D eigenvalue weighted by molar-refractivity contribution is 0.0339. The molecule has 2 amide bonds. The van der Waals surface area contributed by atoms with Crippen LogP contribution in [0.1, 0.15) is 80.0 Å². The number of fused-ring (bicyclic) bond motifs is 14. The molecular weight excluding hydrogens is 771 g/mol. The van der Waals surface area contributed by atoms with Crippen LogP contribution in [0, 0.1) is 11.6 Å². The molecule has 306 valence electrons. The summed E-state index contributed by atoms with van der Waals surface area (Å²) in [4.78, 5) is 45.4. The molecule has 8 heterocycles. The fourth-order valence-corrected chi connectivity index (χ4v) is 12.2. The fourth-order valence-electron chi connectivity index (χ4n) is 12.2. The van der Waals surface area contributed by atoms with Crippen molar-refractivity contribution in [2.75, 3.05) is 33.2 Å². The van der Waals surface area contributed by atoms with E-state index >= 15 is 0 Å². The first-order valence-electron chi connectivity index (χ1n) is 21.7. The van der Waals surface area contributed by atoms with E-state index in [0.717, 1.165) is 156 Å². The molecule has 4 fully saturated rings. The third-order valence-electron chi connectivity index (χ3n) is 15.6. The highest BCUT2D eigenvalue weighted by molar-refractivity contribution is 6.03. The van der Waals surface area contributed by atoms with E-state index in [1.807, 2.05) is 30.6 Å². The van der Waals surface area contributed by atoms with Crippen LogP contribution in [0.5, 0.6) is 0 Å². The molecule has 6 aromatic rings. The summed E-state index contributed by atoms with van der Waals surface area (Å²) >= 11 is 0. The molecule has 4 aromatic heterocycles. The van der Waals surface area contributed by atoms with Gasteiger partial charge in [-0.25, -0.2) is 8.78 Å². The molecule has 2 aromatic carbocycles. The number of amides is 2. The van der Waals surface area contributed by atoms with Gasteiger partial charge in [0.15, 0.2) is 0 Å². The second kappa shape index (κ2) is 12.1. The molecule has 5 N–H and O–H groups in total. The molecule has 0 atom stereocenters.